The summed E-state index contributed by atoms with van der Waals surface area (Å²) in [5.41, 5.74) is 6.10. The van der Waals surface area contributed by atoms with Crippen LogP contribution in [0.2, 0.25) is 0 Å². The van der Waals surface area contributed by atoms with Gasteiger partial charge in [0.15, 0.2) is 0 Å². The van der Waals surface area contributed by atoms with Crippen LogP contribution in [-0.2, 0) is 16.4 Å². The summed E-state index contributed by atoms with van der Waals surface area (Å²) in [6.07, 6.45) is 0.806. The van der Waals surface area contributed by atoms with Gasteiger partial charge in [-0.2, -0.15) is 0 Å². The van der Waals surface area contributed by atoms with Gasteiger partial charge in [0.2, 0.25) is 0 Å². The van der Waals surface area contributed by atoms with Crippen LogP contribution in [0.25, 0.3) is 0 Å². The highest BCUT2D eigenvalue weighted by molar-refractivity contribution is 7.92. The monoisotopic (exact) mass is 391 g/mol. The molecule has 0 unspecified atom stereocenters. The molecule has 0 aromatic heterocycles. The fraction of sp³-hybridized carbons (Fsp3) is 0.316. The number of sulfonamides is 1. The molecule has 6 N–H and O–H groups in total. The van der Waals surface area contributed by atoms with Crippen LogP contribution in [0.3, 0.4) is 0 Å². The molecule has 0 bridgehead atoms. The number of rotatable bonds is 7. The first-order chi connectivity index (χ1) is 12.6. The molecule has 8 heteroatoms. The molecular weight excluding hydrogens is 364 g/mol. The highest BCUT2D eigenvalue weighted by atomic mass is 32.2. The molecule has 0 radical (unpaired) electrons. The van der Waals surface area contributed by atoms with E-state index < -0.39 is 10.0 Å². The number of nitrogens with one attached hydrogen (secondary N) is 3. The average Bonchev–Trinajstić information content (AvgIpc) is 2.56. The lowest BCUT2D eigenvalue weighted by Gasteiger charge is -2.15. The van der Waals surface area contributed by atoms with Crippen molar-refractivity contribution < 1.29 is 18.9 Å². The molecular formula is C19H27N4O3S+. The zero-order valence-corrected chi connectivity index (χ0v) is 16.7. The van der Waals surface area contributed by atoms with Gasteiger partial charge < -0.3 is 16.4 Å². The van der Waals surface area contributed by atoms with E-state index in [-0.39, 0.29) is 16.5 Å². The maximum Gasteiger partial charge on any atom is 0.319 e. The first kappa shape index (κ1) is 20.7. The second-order valence-electron chi connectivity index (χ2n) is 7.15. The van der Waals surface area contributed by atoms with Gasteiger partial charge in [-0.3, -0.25) is 4.72 Å². The van der Waals surface area contributed by atoms with Crippen molar-refractivity contribution in [1.29, 1.82) is 0 Å². The first-order valence-electron chi connectivity index (χ1n) is 8.71. The summed E-state index contributed by atoms with van der Waals surface area (Å²) in [5, 5.41) is 5.23. The van der Waals surface area contributed by atoms with E-state index in [1.807, 2.05) is 32.9 Å². The maximum atomic E-state index is 12.5. The molecule has 0 aliphatic rings. The Bertz CT molecular complexity index is 871. The van der Waals surface area contributed by atoms with Crippen LogP contribution in [0, 0.1) is 0 Å². The molecule has 0 aliphatic heterocycles. The van der Waals surface area contributed by atoms with Crippen molar-refractivity contribution in [2.24, 2.45) is 0 Å². The Balaban J connectivity index is 2.06. The molecule has 146 valence electrons. The fourth-order valence-electron chi connectivity index (χ4n) is 2.51. The van der Waals surface area contributed by atoms with Crippen LogP contribution in [0.5, 0.6) is 0 Å². The Morgan fingerprint density at radius 1 is 1.00 bits per heavy atom. The summed E-state index contributed by atoms with van der Waals surface area (Å²) in [6.45, 7) is 6.42. The predicted octanol–water partition coefficient (Wildman–Crippen LogP) is 2.19. The summed E-state index contributed by atoms with van der Waals surface area (Å²) in [7, 11) is -3.71. The molecule has 2 rings (SSSR count). The van der Waals surface area contributed by atoms with Gasteiger partial charge in [-0.25, -0.2) is 13.2 Å². The minimum absolute atomic E-state index is 0.0785. The van der Waals surface area contributed by atoms with Crippen LogP contribution in [0.1, 0.15) is 26.3 Å². The zero-order valence-electron chi connectivity index (χ0n) is 15.9. The van der Waals surface area contributed by atoms with E-state index in [0.29, 0.717) is 17.9 Å². The van der Waals surface area contributed by atoms with E-state index in [1.165, 1.54) is 12.1 Å². The van der Waals surface area contributed by atoms with Crippen LogP contribution in [0.15, 0.2) is 53.4 Å². The Kier molecular flexibility index (Phi) is 6.45. The second kappa shape index (κ2) is 8.41. The normalized spacial score (nSPS) is 11.7. The molecule has 2 amide bonds. The quantitative estimate of drug-likeness (QED) is 0.580. The molecule has 0 aliphatic carbocycles. The zero-order chi connectivity index (χ0) is 20.1. The largest absolute Gasteiger partial charge is 0.353 e. The lowest BCUT2D eigenvalue weighted by Crippen LogP contribution is -2.70. The fourth-order valence-corrected chi connectivity index (χ4v) is 3.57. The summed E-state index contributed by atoms with van der Waals surface area (Å²) < 4.78 is 27.6. The van der Waals surface area contributed by atoms with Gasteiger partial charge in [0.1, 0.15) is 0 Å². The number of amides is 2. The minimum atomic E-state index is -3.71. The summed E-state index contributed by atoms with van der Waals surface area (Å²) >= 11 is 0. The van der Waals surface area contributed by atoms with Gasteiger partial charge in [0.25, 0.3) is 10.0 Å². The third kappa shape index (κ3) is 6.58. The highest BCUT2D eigenvalue weighted by Crippen LogP contribution is 2.19. The standard InChI is InChI=1S/C19H26N4O3S/c1-4-21-18(24)22-15-9-11-17(12-10-15)27(25,26)23-16-7-5-14(6-8-16)13-19(2,3)20/h5-12,23H,4,13,20H2,1-3H3,(H2,21,22,24)/p+1. The average molecular weight is 392 g/mol. The third-order valence-corrected chi connectivity index (χ3v) is 5.05. The van der Waals surface area contributed by atoms with Crippen LogP contribution < -0.4 is 21.1 Å². The number of hydrogen-bond acceptors (Lipinski definition) is 3. The summed E-state index contributed by atoms with van der Waals surface area (Å²) in [5.74, 6) is 0. The lowest BCUT2D eigenvalue weighted by atomic mass is 9.96. The maximum absolute atomic E-state index is 12.5. The Morgan fingerprint density at radius 3 is 2.07 bits per heavy atom. The van der Waals surface area contributed by atoms with Gasteiger partial charge in [-0.05, 0) is 62.7 Å². The number of carbonyl (C=O) groups excluding carboxylic acids is 1. The highest BCUT2D eigenvalue weighted by Gasteiger charge is 2.17. The van der Waals surface area contributed by atoms with Crippen molar-refractivity contribution in [1.82, 2.24) is 5.32 Å². The Morgan fingerprint density at radius 2 is 1.56 bits per heavy atom. The SMILES string of the molecule is CCNC(=O)Nc1ccc(S(=O)(=O)Nc2ccc(CC(C)(C)[NH3+])cc2)cc1. The Hall–Kier alpha value is -2.58. The van der Waals surface area contributed by atoms with E-state index in [4.69, 9.17) is 0 Å². The predicted molar refractivity (Wildman–Crippen MR) is 107 cm³/mol. The number of quaternary nitrogens is 1. The molecule has 0 saturated carbocycles. The number of hydrogen-bond donors (Lipinski definition) is 4. The summed E-state index contributed by atoms with van der Waals surface area (Å²) in [4.78, 5) is 11.6. The number of carbonyl (C=O) groups is 1. The molecule has 0 spiro atoms. The van der Waals surface area contributed by atoms with Crippen molar-refractivity contribution in [2.75, 3.05) is 16.6 Å². The van der Waals surface area contributed by atoms with Gasteiger partial charge in [0.05, 0.1) is 10.4 Å². The molecule has 0 saturated heterocycles. The van der Waals surface area contributed by atoms with E-state index in [1.54, 1.807) is 24.3 Å². The number of benzene rings is 2. The van der Waals surface area contributed by atoms with Crippen LogP contribution in [-0.4, -0.2) is 26.5 Å². The van der Waals surface area contributed by atoms with Gasteiger partial charge >= 0.3 is 6.03 Å². The number of anilines is 2. The topological polar surface area (TPSA) is 115 Å². The van der Waals surface area contributed by atoms with Crippen LogP contribution >= 0.6 is 0 Å². The van der Waals surface area contributed by atoms with Crippen LogP contribution in [0.4, 0.5) is 16.2 Å². The van der Waals surface area contributed by atoms with E-state index in [9.17, 15) is 13.2 Å². The van der Waals surface area contributed by atoms with E-state index in [2.05, 4.69) is 21.1 Å². The smallest absolute Gasteiger partial charge is 0.319 e. The lowest BCUT2D eigenvalue weighted by molar-refractivity contribution is -0.465. The van der Waals surface area contributed by atoms with Gasteiger partial charge in [-0.1, -0.05) is 12.1 Å². The molecule has 2 aromatic rings. The van der Waals surface area contributed by atoms with E-state index >= 15 is 0 Å². The van der Waals surface area contributed by atoms with E-state index in [0.717, 1.165) is 12.0 Å². The number of urea groups is 1. The first-order valence-corrected chi connectivity index (χ1v) is 10.2. The van der Waals surface area contributed by atoms with Gasteiger partial charge in [-0.15, -0.1) is 0 Å². The van der Waals surface area contributed by atoms with Crippen molar-refractivity contribution in [3.8, 4) is 0 Å². The Labute approximate surface area is 160 Å². The van der Waals surface area contributed by atoms with Crippen molar-refractivity contribution in [2.45, 2.75) is 37.6 Å². The van der Waals surface area contributed by atoms with Gasteiger partial charge in [0, 0.05) is 24.3 Å². The van der Waals surface area contributed by atoms with Crippen molar-refractivity contribution in [3.05, 3.63) is 54.1 Å². The van der Waals surface area contributed by atoms with Crippen molar-refractivity contribution >= 4 is 27.4 Å². The summed E-state index contributed by atoms with van der Waals surface area (Å²) in [6, 6.07) is 12.9. The second-order valence-corrected chi connectivity index (χ2v) is 8.83. The third-order valence-electron chi connectivity index (χ3n) is 3.65. The molecule has 27 heavy (non-hydrogen) atoms. The minimum Gasteiger partial charge on any atom is -0.353 e. The molecule has 0 atom stereocenters. The molecule has 0 heterocycles. The molecule has 2 aromatic carbocycles. The molecule has 0 fully saturated rings. The van der Waals surface area contributed by atoms with Crippen molar-refractivity contribution in [3.63, 3.8) is 0 Å². The molecule has 7 nitrogen and oxygen atoms in total.